The summed E-state index contributed by atoms with van der Waals surface area (Å²) < 4.78 is 16.4. The Kier molecular flexibility index (Phi) is 6.64. The van der Waals surface area contributed by atoms with Crippen LogP contribution in [0.15, 0.2) is 23.3 Å². The zero-order chi connectivity index (χ0) is 16.5. The quantitative estimate of drug-likeness (QED) is 0.559. The number of nitrogens with two attached hydrogens (primary N) is 1. The number of carbonyl (C=O) groups is 1. The van der Waals surface area contributed by atoms with Crippen molar-refractivity contribution in [2.75, 3.05) is 46.6 Å². The standard InChI is InChI=1S/C15H22N4O4/c1-21-14-10-12(11-17-18-15(16)20)2-3-13(14)23-9-6-19-4-7-22-8-5-19/h2-3,10-11H,4-9H2,1H3,(H3,16,18,20). The second kappa shape index (κ2) is 8.96. The SMILES string of the molecule is COc1cc(C=NNC(N)=O)ccc1OCCN1CCOCC1. The Morgan fingerprint density at radius 3 is 2.91 bits per heavy atom. The largest absolute Gasteiger partial charge is 0.493 e. The van der Waals surface area contributed by atoms with Crippen LogP contribution < -0.4 is 20.6 Å². The predicted molar refractivity (Wildman–Crippen MR) is 86.1 cm³/mol. The zero-order valence-corrected chi connectivity index (χ0v) is 13.2. The first-order valence-electron chi connectivity index (χ1n) is 7.38. The highest BCUT2D eigenvalue weighted by Gasteiger charge is 2.11. The Balaban J connectivity index is 1.88. The maximum atomic E-state index is 10.6. The van der Waals surface area contributed by atoms with Gasteiger partial charge in [0.25, 0.3) is 0 Å². The smallest absolute Gasteiger partial charge is 0.332 e. The molecule has 0 spiro atoms. The van der Waals surface area contributed by atoms with Crippen LogP contribution in [0.3, 0.4) is 0 Å². The van der Waals surface area contributed by atoms with E-state index in [1.165, 1.54) is 6.21 Å². The van der Waals surface area contributed by atoms with Crippen molar-refractivity contribution in [1.29, 1.82) is 0 Å². The molecule has 0 aromatic heterocycles. The van der Waals surface area contributed by atoms with Gasteiger partial charge in [-0.25, -0.2) is 10.2 Å². The van der Waals surface area contributed by atoms with Gasteiger partial charge >= 0.3 is 6.03 Å². The number of morpholine rings is 1. The van der Waals surface area contributed by atoms with E-state index in [0.717, 1.165) is 38.4 Å². The Hall–Kier alpha value is -2.32. The Morgan fingerprint density at radius 2 is 2.22 bits per heavy atom. The third-order valence-corrected chi connectivity index (χ3v) is 3.34. The number of rotatable bonds is 7. The second-order valence-corrected chi connectivity index (χ2v) is 4.95. The van der Waals surface area contributed by atoms with E-state index in [-0.39, 0.29) is 0 Å². The summed E-state index contributed by atoms with van der Waals surface area (Å²) in [6, 6.07) is 4.69. The average Bonchev–Trinajstić information content (AvgIpc) is 2.56. The number of hydrogen-bond donors (Lipinski definition) is 2. The van der Waals surface area contributed by atoms with Crippen LogP contribution >= 0.6 is 0 Å². The molecular weight excluding hydrogens is 300 g/mol. The highest BCUT2D eigenvalue weighted by atomic mass is 16.5. The number of carbonyl (C=O) groups excluding carboxylic acids is 1. The first kappa shape index (κ1) is 17.0. The number of benzene rings is 1. The number of nitrogens with one attached hydrogen (secondary N) is 1. The topological polar surface area (TPSA) is 98.4 Å². The van der Waals surface area contributed by atoms with Gasteiger partial charge in [-0.2, -0.15) is 5.10 Å². The van der Waals surface area contributed by atoms with Gasteiger partial charge in [0.2, 0.25) is 0 Å². The van der Waals surface area contributed by atoms with E-state index in [9.17, 15) is 4.79 Å². The number of primary amides is 1. The highest BCUT2D eigenvalue weighted by Crippen LogP contribution is 2.27. The molecule has 0 unspecified atom stereocenters. The van der Waals surface area contributed by atoms with Crippen LogP contribution in [0, 0.1) is 0 Å². The number of hydrogen-bond acceptors (Lipinski definition) is 6. The van der Waals surface area contributed by atoms with Crippen LogP contribution in [0.25, 0.3) is 0 Å². The molecule has 0 saturated carbocycles. The van der Waals surface area contributed by atoms with Gasteiger partial charge < -0.3 is 19.9 Å². The van der Waals surface area contributed by atoms with Crippen molar-refractivity contribution in [2.24, 2.45) is 10.8 Å². The van der Waals surface area contributed by atoms with E-state index >= 15 is 0 Å². The summed E-state index contributed by atoms with van der Waals surface area (Å²) in [5.74, 6) is 1.27. The van der Waals surface area contributed by atoms with E-state index in [1.807, 2.05) is 12.1 Å². The van der Waals surface area contributed by atoms with Gasteiger partial charge in [0.15, 0.2) is 11.5 Å². The molecule has 1 aromatic carbocycles. The van der Waals surface area contributed by atoms with Gasteiger partial charge in [-0.15, -0.1) is 0 Å². The summed E-state index contributed by atoms with van der Waals surface area (Å²) in [6.07, 6.45) is 1.48. The van der Waals surface area contributed by atoms with E-state index in [4.69, 9.17) is 19.9 Å². The molecule has 2 rings (SSSR count). The maximum Gasteiger partial charge on any atom is 0.332 e. The lowest BCUT2D eigenvalue weighted by Crippen LogP contribution is -2.38. The molecule has 0 bridgehead atoms. The van der Waals surface area contributed by atoms with Gasteiger partial charge in [-0.3, -0.25) is 4.90 Å². The molecule has 3 N–H and O–H groups in total. The van der Waals surface area contributed by atoms with Crippen LogP contribution in [0.2, 0.25) is 0 Å². The lowest BCUT2D eigenvalue weighted by atomic mass is 10.2. The van der Waals surface area contributed by atoms with Crippen LogP contribution in [0.4, 0.5) is 4.79 Å². The number of nitrogens with zero attached hydrogens (tertiary/aromatic N) is 2. The third kappa shape index (κ3) is 5.76. The van der Waals surface area contributed by atoms with E-state index in [0.29, 0.717) is 18.1 Å². The number of ether oxygens (including phenoxy) is 3. The lowest BCUT2D eigenvalue weighted by molar-refractivity contribution is 0.0321. The summed E-state index contributed by atoms with van der Waals surface area (Å²) in [7, 11) is 1.58. The van der Waals surface area contributed by atoms with Gasteiger partial charge in [0.05, 0.1) is 26.5 Å². The molecule has 0 atom stereocenters. The second-order valence-electron chi connectivity index (χ2n) is 4.95. The molecule has 1 aliphatic rings. The van der Waals surface area contributed by atoms with Crippen LogP contribution in [-0.4, -0.2) is 63.7 Å². The monoisotopic (exact) mass is 322 g/mol. The van der Waals surface area contributed by atoms with Crippen molar-refractivity contribution in [3.05, 3.63) is 23.8 Å². The fraction of sp³-hybridized carbons (Fsp3) is 0.467. The molecule has 8 heteroatoms. The molecular formula is C15H22N4O4. The van der Waals surface area contributed by atoms with Crippen molar-refractivity contribution in [3.63, 3.8) is 0 Å². The summed E-state index contributed by atoms with van der Waals surface area (Å²) in [5.41, 5.74) is 7.83. The molecule has 1 saturated heterocycles. The number of amides is 2. The van der Waals surface area contributed by atoms with Crippen molar-refractivity contribution >= 4 is 12.2 Å². The zero-order valence-electron chi connectivity index (χ0n) is 13.2. The minimum Gasteiger partial charge on any atom is -0.493 e. The van der Waals surface area contributed by atoms with Gasteiger partial charge in [-0.05, 0) is 23.8 Å². The van der Waals surface area contributed by atoms with Crippen molar-refractivity contribution < 1.29 is 19.0 Å². The van der Waals surface area contributed by atoms with E-state index < -0.39 is 6.03 Å². The Labute approximate surface area is 135 Å². The minimum atomic E-state index is -0.712. The molecule has 23 heavy (non-hydrogen) atoms. The molecule has 0 aliphatic carbocycles. The molecule has 1 fully saturated rings. The molecule has 8 nitrogen and oxygen atoms in total. The van der Waals surface area contributed by atoms with Crippen molar-refractivity contribution in [1.82, 2.24) is 10.3 Å². The molecule has 1 heterocycles. The average molecular weight is 322 g/mol. The normalized spacial score (nSPS) is 15.5. The summed E-state index contributed by atoms with van der Waals surface area (Å²) in [6.45, 7) is 4.84. The van der Waals surface area contributed by atoms with Gasteiger partial charge in [0, 0.05) is 19.6 Å². The number of hydrazone groups is 1. The Morgan fingerprint density at radius 1 is 1.43 bits per heavy atom. The first-order valence-corrected chi connectivity index (χ1v) is 7.38. The van der Waals surface area contributed by atoms with E-state index in [1.54, 1.807) is 13.2 Å². The summed E-state index contributed by atoms with van der Waals surface area (Å²) in [5, 5.41) is 3.71. The maximum absolute atomic E-state index is 10.6. The van der Waals surface area contributed by atoms with Crippen molar-refractivity contribution in [2.45, 2.75) is 0 Å². The summed E-state index contributed by atoms with van der Waals surface area (Å²) in [4.78, 5) is 12.9. The molecule has 126 valence electrons. The van der Waals surface area contributed by atoms with Crippen LogP contribution in [0.1, 0.15) is 5.56 Å². The van der Waals surface area contributed by atoms with Crippen LogP contribution in [0.5, 0.6) is 11.5 Å². The number of methoxy groups -OCH3 is 1. The fourth-order valence-electron chi connectivity index (χ4n) is 2.16. The van der Waals surface area contributed by atoms with Gasteiger partial charge in [0.1, 0.15) is 6.61 Å². The lowest BCUT2D eigenvalue weighted by Gasteiger charge is -2.26. The predicted octanol–water partition coefficient (Wildman–Crippen LogP) is 0.408. The van der Waals surface area contributed by atoms with E-state index in [2.05, 4.69) is 15.4 Å². The fourth-order valence-corrected chi connectivity index (χ4v) is 2.16. The summed E-state index contributed by atoms with van der Waals surface area (Å²) >= 11 is 0. The highest BCUT2D eigenvalue weighted by molar-refractivity contribution is 5.82. The van der Waals surface area contributed by atoms with Gasteiger partial charge in [-0.1, -0.05) is 0 Å². The minimum absolute atomic E-state index is 0.576. The Bertz CT molecular complexity index is 544. The first-order chi connectivity index (χ1) is 11.2. The molecule has 0 radical (unpaired) electrons. The van der Waals surface area contributed by atoms with Crippen molar-refractivity contribution in [3.8, 4) is 11.5 Å². The molecule has 1 aliphatic heterocycles. The third-order valence-electron chi connectivity index (χ3n) is 3.34. The number of urea groups is 1. The molecule has 1 aromatic rings. The van der Waals surface area contributed by atoms with Crippen LogP contribution in [-0.2, 0) is 4.74 Å². The molecule has 2 amide bonds.